The first-order valence-corrected chi connectivity index (χ1v) is 9.45. The van der Waals surface area contributed by atoms with Gasteiger partial charge in [-0.3, -0.25) is 0 Å². The number of hydrogen-bond donors (Lipinski definition) is 2. The maximum Gasteiger partial charge on any atom is 0.416 e. The zero-order chi connectivity index (χ0) is 21.1. The zero-order valence-corrected chi connectivity index (χ0v) is 15.8. The van der Waals surface area contributed by atoms with Crippen molar-refractivity contribution in [2.24, 2.45) is 5.92 Å². The van der Waals surface area contributed by atoms with Gasteiger partial charge in [-0.25, -0.2) is 4.79 Å². The van der Waals surface area contributed by atoms with Crippen molar-refractivity contribution in [3.63, 3.8) is 0 Å². The molecule has 0 unspecified atom stereocenters. The smallest absolute Gasteiger partial charge is 0.372 e. The Balaban J connectivity index is 1.35. The number of fused-ring (bicyclic) bond motifs is 1. The Hall–Kier alpha value is -3.02. The minimum Gasteiger partial charge on any atom is -0.372 e. The number of alkyl halides is 3. The molecule has 2 saturated heterocycles. The maximum absolute atomic E-state index is 12.8. The molecule has 2 aromatic carbocycles. The molecule has 4 atom stereocenters. The lowest BCUT2D eigenvalue weighted by atomic mass is 10.0. The van der Waals surface area contributed by atoms with Crippen molar-refractivity contribution in [2.45, 2.75) is 24.4 Å². The molecule has 0 radical (unpaired) electrons. The van der Waals surface area contributed by atoms with Gasteiger partial charge in [-0.05, 0) is 30.3 Å². The summed E-state index contributed by atoms with van der Waals surface area (Å²) in [6.45, 7) is 0.636. The van der Waals surface area contributed by atoms with Crippen LogP contribution >= 0.6 is 0 Å². The van der Waals surface area contributed by atoms with Crippen molar-refractivity contribution < 1.29 is 27.4 Å². The van der Waals surface area contributed by atoms with E-state index in [-0.39, 0.29) is 30.4 Å². The lowest BCUT2D eigenvalue weighted by molar-refractivity contribution is -0.137. The highest BCUT2D eigenvalue weighted by Gasteiger charge is 2.47. The quantitative estimate of drug-likeness (QED) is 0.735. The van der Waals surface area contributed by atoms with E-state index in [0.717, 1.165) is 17.7 Å². The predicted molar refractivity (Wildman–Crippen MR) is 104 cm³/mol. The van der Waals surface area contributed by atoms with Crippen molar-refractivity contribution in [1.29, 1.82) is 0 Å². The number of amides is 2. The molecule has 0 saturated carbocycles. The van der Waals surface area contributed by atoms with E-state index < -0.39 is 23.8 Å². The van der Waals surface area contributed by atoms with E-state index in [0.29, 0.717) is 6.61 Å². The number of nitrogens with one attached hydrogen (secondary N) is 2. The first-order chi connectivity index (χ1) is 14.4. The second-order valence-corrected chi connectivity index (χ2v) is 7.12. The van der Waals surface area contributed by atoms with E-state index in [9.17, 15) is 18.0 Å². The third-order valence-corrected chi connectivity index (χ3v) is 4.99. The molecule has 5 nitrogen and oxygen atoms in total. The fourth-order valence-corrected chi connectivity index (χ4v) is 3.55. The van der Waals surface area contributed by atoms with Crippen LogP contribution in [0.2, 0.25) is 0 Å². The lowest BCUT2D eigenvalue weighted by Crippen LogP contribution is -2.45. The van der Waals surface area contributed by atoms with Gasteiger partial charge in [0.25, 0.3) is 0 Å². The molecule has 2 aliphatic heterocycles. The van der Waals surface area contributed by atoms with E-state index in [4.69, 9.17) is 9.47 Å². The molecule has 2 aliphatic rings. The topological polar surface area (TPSA) is 59.6 Å². The van der Waals surface area contributed by atoms with Crippen LogP contribution in [0.15, 0.2) is 54.6 Å². The highest BCUT2D eigenvalue weighted by molar-refractivity contribution is 5.89. The second kappa shape index (κ2) is 8.38. The van der Waals surface area contributed by atoms with E-state index in [1.807, 2.05) is 30.3 Å². The number of benzene rings is 2. The fraction of sp³-hybridized carbons (Fsp3) is 0.318. The molecule has 2 heterocycles. The SMILES string of the molecule is O=C(Nc1cccc(C(F)(F)F)c1)N[C@H]1CO[C@H]2[C@@H]1OC[C@@H]2C#Cc1ccccc1. The number of anilines is 1. The van der Waals surface area contributed by atoms with Gasteiger partial charge in [-0.2, -0.15) is 13.2 Å². The molecule has 2 fully saturated rings. The summed E-state index contributed by atoms with van der Waals surface area (Å²) in [5.41, 5.74) is 0.120. The molecule has 2 aromatic rings. The summed E-state index contributed by atoms with van der Waals surface area (Å²) in [4.78, 5) is 12.3. The van der Waals surface area contributed by atoms with Crippen LogP contribution in [0.5, 0.6) is 0 Å². The van der Waals surface area contributed by atoms with Crippen LogP contribution in [-0.4, -0.2) is 37.5 Å². The van der Waals surface area contributed by atoms with Gasteiger partial charge >= 0.3 is 12.2 Å². The van der Waals surface area contributed by atoms with Gasteiger partial charge in [-0.15, -0.1) is 0 Å². The van der Waals surface area contributed by atoms with Crippen LogP contribution in [0, 0.1) is 17.8 Å². The molecule has 0 aromatic heterocycles. The Morgan fingerprint density at radius 1 is 1.00 bits per heavy atom. The van der Waals surface area contributed by atoms with E-state index in [2.05, 4.69) is 22.5 Å². The van der Waals surface area contributed by atoms with Crippen molar-refractivity contribution in [1.82, 2.24) is 5.32 Å². The molecule has 4 rings (SSSR count). The molecule has 0 bridgehead atoms. The van der Waals surface area contributed by atoms with Crippen LogP contribution in [0.3, 0.4) is 0 Å². The number of carbonyl (C=O) groups is 1. The van der Waals surface area contributed by atoms with Gasteiger partial charge in [0.15, 0.2) is 0 Å². The largest absolute Gasteiger partial charge is 0.416 e. The average Bonchev–Trinajstić information content (AvgIpc) is 3.30. The Morgan fingerprint density at radius 2 is 1.77 bits per heavy atom. The van der Waals surface area contributed by atoms with Crippen LogP contribution < -0.4 is 10.6 Å². The molecular formula is C22H19F3N2O3. The third kappa shape index (κ3) is 4.58. The van der Waals surface area contributed by atoms with E-state index in [1.165, 1.54) is 12.1 Å². The summed E-state index contributed by atoms with van der Waals surface area (Å²) < 4.78 is 50.0. The zero-order valence-electron chi connectivity index (χ0n) is 15.8. The van der Waals surface area contributed by atoms with Crippen LogP contribution in [-0.2, 0) is 15.7 Å². The van der Waals surface area contributed by atoms with E-state index in [1.54, 1.807) is 0 Å². The van der Waals surface area contributed by atoms with Crippen molar-refractivity contribution in [3.05, 3.63) is 65.7 Å². The Labute approximate surface area is 171 Å². The molecule has 30 heavy (non-hydrogen) atoms. The summed E-state index contributed by atoms with van der Waals surface area (Å²) >= 11 is 0. The fourth-order valence-electron chi connectivity index (χ4n) is 3.55. The monoisotopic (exact) mass is 416 g/mol. The average molecular weight is 416 g/mol. The first kappa shape index (κ1) is 20.3. The highest BCUT2D eigenvalue weighted by Crippen LogP contribution is 2.32. The summed E-state index contributed by atoms with van der Waals surface area (Å²) in [5.74, 6) is 6.15. The number of rotatable bonds is 2. The van der Waals surface area contributed by atoms with Gasteiger partial charge in [0.05, 0.1) is 30.7 Å². The summed E-state index contributed by atoms with van der Waals surface area (Å²) in [6, 6.07) is 13.0. The molecule has 2 N–H and O–H groups in total. The number of carbonyl (C=O) groups excluding carboxylic acids is 1. The van der Waals surface area contributed by atoms with Gasteiger partial charge < -0.3 is 20.1 Å². The van der Waals surface area contributed by atoms with Gasteiger partial charge in [0, 0.05) is 11.3 Å². The molecule has 2 amide bonds. The Kier molecular flexibility index (Phi) is 5.66. The second-order valence-electron chi connectivity index (χ2n) is 7.12. The highest BCUT2D eigenvalue weighted by atomic mass is 19.4. The van der Waals surface area contributed by atoms with E-state index >= 15 is 0 Å². The minimum absolute atomic E-state index is 0.0525. The van der Waals surface area contributed by atoms with Crippen molar-refractivity contribution in [3.8, 4) is 11.8 Å². The molecular weight excluding hydrogens is 397 g/mol. The van der Waals surface area contributed by atoms with Gasteiger partial charge in [-0.1, -0.05) is 36.1 Å². The Morgan fingerprint density at radius 3 is 2.53 bits per heavy atom. The van der Waals surface area contributed by atoms with Gasteiger partial charge in [0.1, 0.15) is 12.2 Å². The minimum atomic E-state index is -4.48. The van der Waals surface area contributed by atoms with Crippen LogP contribution in [0.4, 0.5) is 23.7 Å². The Bertz CT molecular complexity index is 969. The predicted octanol–water partition coefficient (Wildman–Crippen LogP) is 3.66. The molecule has 8 heteroatoms. The number of urea groups is 1. The number of ether oxygens (including phenoxy) is 2. The number of halogens is 3. The molecule has 156 valence electrons. The molecule has 0 spiro atoms. The lowest BCUT2D eigenvalue weighted by Gasteiger charge is -2.18. The standard InChI is InChI=1S/C22H19F3N2O3/c23-22(24,25)16-7-4-8-17(11-16)26-21(28)27-18-13-30-19-15(12-29-20(18)19)10-9-14-5-2-1-3-6-14/h1-8,11,15,18-20H,12-13H2,(H2,26,27,28)/t15-,18-,19+,20+/m0/s1. The summed E-state index contributed by atoms with van der Waals surface area (Å²) in [5, 5.41) is 5.15. The summed E-state index contributed by atoms with van der Waals surface area (Å²) in [7, 11) is 0. The summed E-state index contributed by atoms with van der Waals surface area (Å²) in [6.07, 6.45) is -5.10. The van der Waals surface area contributed by atoms with Crippen LogP contribution in [0.25, 0.3) is 0 Å². The normalized spacial score (nSPS) is 25.2. The third-order valence-electron chi connectivity index (χ3n) is 4.99. The van der Waals surface area contributed by atoms with Gasteiger partial charge in [0.2, 0.25) is 0 Å². The van der Waals surface area contributed by atoms with Crippen LogP contribution in [0.1, 0.15) is 11.1 Å². The van der Waals surface area contributed by atoms with Crippen molar-refractivity contribution in [2.75, 3.05) is 18.5 Å². The number of hydrogen-bond acceptors (Lipinski definition) is 3. The molecule has 0 aliphatic carbocycles. The van der Waals surface area contributed by atoms with Crippen molar-refractivity contribution >= 4 is 11.7 Å². The first-order valence-electron chi connectivity index (χ1n) is 9.45. The maximum atomic E-state index is 12.8.